The van der Waals surface area contributed by atoms with E-state index in [0.29, 0.717) is 0 Å². The third kappa shape index (κ3) is 11.0. The number of rotatable bonds is 9. The minimum atomic E-state index is -0.226. The maximum Gasteiger partial charge on any atom is 0.252 e. The molecule has 4 aliphatic rings. The van der Waals surface area contributed by atoms with Gasteiger partial charge < -0.3 is 23.5 Å². The lowest BCUT2D eigenvalue weighted by Gasteiger charge is -2.44. The van der Waals surface area contributed by atoms with E-state index in [-0.39, 0.29) is 39.2 Å². The molecule has 5 heterocycles. The number of hydrogen-bond donors (Lipinski definition) is 0. The molecule has 5 nitrogen and oxygen atoms in total. The van der Waals surface area contributed by atoms with Crippen LogP contribution in [0.1, 0.15) is 143 Å². The zero-order chi connectivity index (χ0) is 80.6. The van der Waals surface area contributed by atoms with E-state index in [9.17, 15) is 0 Å². The monoisotopic (exact) mass is 1520 g/mol. The highest BCUT2D eigenvalue weighted by Gasteiger charge is 2.47. The number of para-hydroxylation sites is 2. The minimum absolute atomic E-state index is 0.0523. The first-order valence-electron chi connectivity index (χ1n) is 42.6. The predicted octanol–water partition coefficient (Wildman–Crippen LogP) is 28.2. The summed E-state index contributed by atoms with van der Waals surface area (Å²) in [4.78, 5) is 5.30. The van der Waals surface area contributed by atoms with Gasteiger partial charge in [-0.25, -0.2) is 0 Å². The molecule has 574 valence electrons. The molecule has 0 amide bonds. The number of aromatic nitrogens is 3. The maximum absolute atomic E-state index is 2.65. The number of anilines is 6. The molecule has 22 rings (SSSR count). The van der Waals surface area contributed by atoms with E-state index in [1.54, 1.807) is 0 Å². The van der Waals surface area contributed by atoms with Gasteiger partial charge in [0, 0.05) is 77.8 Å². The summed E-state index contributed by atoms with van der Waals surface area (Å²) >= 11 is 0. The van der Waals surface area contributed by atoms with Crippen LogP contribution in [0.4, 0.5) is 34.1 Å². The summed E-state index contributed by atoms with van der Waals surface area (Å²) in [5.41, 5.74) is 39.0. The van der Waals surface area contributed by atoms with Gasteiger partial charge in [-0.15, -0.1) is 0 Å². The Morgan fingerprint density at radius 2 is 0.542 bits per heavy atom. The van der Waals surface area contributed by atoms with Crippen LogP contribution < -0.4 is 26.2 Å². The Morgan fingerprint density at radius 3 is 0.949 bits per heavy atom. The fourth-order valence-corrected chi connectivity index (χ4v) is 22.2. The van der Waals surface area contributed by atoms with Gasteiger partial charge in [0.2, 0.25) is 0 Å². The fourth-order valence-electron chi connectivity index (χ4n) is 22.2. The summed E-state index contributed by atoms with van der Waals surface area (Å²) in [6.45, 7) is 33.3. The Labute approximate surface area is 694 Å². The summed E-state index contributed by atoms with van der Waals surface area (Å²) in [5.74, 6) is 0. The lowest BCUT2D eigenvalue weighted by Crippen LogP contribution is -2.61. The average molecular weight is 1520 g/mol. The van der Waals surface area contributed by atoms with E-state index < -0.39 is 0 Å². The normalized spacial score (nSPS) is 15.5. The van der Waals surface area contributed by atoms with Crippen molar-refractivity contribution in [3.05, 3.63) is 349 Å². The molecule has 0 saturated heterocycles. The Hall–Kier alpha value is -12.6. The van der Waals surface area contributed by atoms with Crippen LogP contribution in [0, 0.1) is 0 Å². The molecule has 0 spiro atoms. The van der Waals surface area contributed by atoms with Gasteiger partial charge in [0.25, 0.3) is 6.71 Å². The molecule has 3 aromatic heterocycles. The second kappa shape index (κ2) is 25.4. The molecule has 18 aromatic rings. The molecule has 6 heteroatoms. The summed E-state index contributed by atoms with van der Waals surface area (Å²) in [7, 11) is 0. The van der Waals surface area contributed by atoms with Crippen molar-refractivity contribution in [2.75, 3.05) is 9.80 Å². The lowest BCUT2D eigenvalue weighted by molar-refractivity contribution is 0.402. The molecule has 0 fully saturated rings. The van der Waals surface area contributed by atoms with E-state index in [1.807, 2.05) is 0 Å². The van der Waals surface area contributed by atoms with Crippen molar-refractivity contribution in [3.8, 4) is 61.6 Å². The average Bonchev–Trinajstić information content (AvgIpc) is 0.816. The van der Waals surface area contributed by atoms with Gasteiger partial charge in [0.05, 0.1) is 38.8 Å². The molecule has 118 heavy (non-hydrogen) atoms. The van der Waals surface area contributed by atoms with E-state index >= 15 is 0 Å². The van der Waals surface area contributed by atoms with E-state index in [1.165, 1.54) is 149 Å². The SMILES string of the molecule is CC(C)(C)c1ccc2c(c1)c1cc(C(C)(C)C)ccc1n2-c1cc2c3c(c1)N(c1ccc(-c4ccc5c(c4)C(C)(C)CC5(C)C)cc1)c1cc(-n4c5ccccc5c5cc(-c6ccccc6)ccc54)ccc1B3c1ccc(-n3c4ccccc4c4cc(-c5ccccc5)ccc43)cc1N2c1ccc(-c2ccc3c(c2)C(C)(C)CC3(C)C)cc1. The highest BCUT2D eigenvalue weighted by molar-refractivity contribution is 7.00. The van der Waals surface area contributed by atoms with Gasteiger partial charge in [-0.3, -0.25) is 0 Å². The fraction of sp³-hybridized carbons (Fsp3) is 0.196. The van der Waals surface area contributed by atoms with Gasteiger partial charge in [0.15, 0.2) is 0 Å². The lowest BCUT2D eigenvalue weighted by atomic mass is 9.33. The topological polar surface area (TPSA) is 21.3 Å². The molecule has 15 aromatic carbocycles. The first-order valence-corrected chi connectivity index (χ1v) is 42.6. The third-order valence-electron chi connectivity index (χ3n) is 27.5. The number of nitrogens with zero attached hydrogens (tertiary/aromatic N) is 5. The summed E-state index contributed by atoms with van der Waals surface area (Å²) in [6, 6.07) is 122. The summed E-state index contributed by atoms with van der Waals surface area (Å²) in [6.07, 6.45) is 2.23. The van der Waals surface area contributed by atoms with Gasteiger partial charge in [-0.05, 0) is 261 Å². The second-order valence-corrected chi connectivity index (χ2v) is 39.2. The van der Waals surface area contributed by atoms with Crippen LogP contribution in [0.25, 0.3) is 127 Å². The van der Waals surface area contributed by atoms with Crippen LogP contribution in [0.5, 0.6) is 0 Å². The quantitative estimate of drug-likeness (QED) is 0.134. The van der Waals surface area contributed by atoms with Crippen LogP contribution in [0.3, 0.4) is 0 Å². The van der Waals surface area contributed by atoms with Crippen molar-refractivity contribution in [1.29, 1.82) is 0 Å². The van der Waals surface area contributed by atoms with Gasteiger partial charge in [-0.1, -0.05) is 291 Å². The van der Waals surface area contributed by atoms with Crippen molar-refractivity contribution in [2.45, 2.75) is 142 Å². The van der Waals surface area contributed by atoms with Gasteiger partial charge in [0.1, 0.15) is 0 Å². The van der Waals surface area contributed by atoms with Crippen LogP contribution in [-0.2, 0) is 32.5 Å². The standard InChI is InChI=1S/C112H98BN5/c1-107(2,3)77-41-55-100-88(61-77)89-62-78(108(4,5)6)42-56-101(89)118(100)83-65-104-106-105(66-83)115(80-45-35-72(36-46-80)76-38-50-91-93(60-76)112(13,14)68-110(91,9)10)103-64-82(117-97-32-24-22-30-85(97)87-58-74(40-54-99(87)117)70-27-19-16-20-28-70)48-52-95(103)113(106)94-51-47-81(116-96-31-23-21-29-84(96)86-57-73(39-53-98(86)116)69-25-17-15-18-26-69)63-102(94)114(104)79-43-33-71(34-44-79)75-37-49-90-92(59-75)111(11,12)67-109(90,7)8/h15-66H,67-68H2,1-14H3. The Kier molecular flexibility index (Phi) is 15.5. The highest BCUT2D eigenvalue weighted by Crippen LogP contribution is 2.55. The van der Waals surface area contributed by atoms with Gasteiger partial charge >= 0.3 is 0 Å². The smallest absolute Gasteiger partial charge is 0.252 e. The second-order valence-electron chi connectivity index (χ2n) is 39.2. The minimum Gasteiger partial charge on any atom is -0.311 e. The predicted molar refractivity (Wildman–Crippen MR) is 504 cm³/mol. The zero-order valence-corrected chi connectivity index (χ0v) is 70.2. The third-order valence-corrected chi connectivity index (χ3v) is 27.5. The van der Waals surface area contributed by atoms with E-state index in [0.717, 1.165) is 75.1 Å². The van der Waals surface area contributed by atoms with Crippen molar-refractivity contribution >= 4 is 123 Å². The van der Waals surface area contributed by atoms with Crippen molar-refractivity contribution in [2.24, 2.45) is 0 Å². The molecule has 0 radical (unpaired) electrons. The molecule has 2 aliphatic heterocycles. The van der Waals surface area contributed by atoms with E-state index in [4.69, 9.17) is 0 Å². The van der Waals surface area contributed by atoms with Crippen molar-refractivity contribution in [3.63, 3.8) is 0 Å². The highest BCUT2D eigenvalue weighted by atomic mass is 15.2. The molecule has 2 aliphatic carbocycles. The van der Waals surface area contributed by atoms with E-state index in [2.05, 4.69) is 436 Å². The maximum atomic E-state index is 2.65. The van der Waals surface area contributed by atoms with Crippen LogP contribution in [-0.4, -0.2) is 20.4 Å². The molecule has 0 atom stereocenters. The Morgan fingerprint density at radius 1 is 0.237 bits per heavy atom. The molecule has 0 unspecified atom stereocenters. The number of hydrogen-bond acceptors (Lipinski definition) is 2. The van der Waals surface area contributed by atoms with Crippen molar-refractivity contribution < 1.29 is 0 Å². The number of fused-ring (bicyclic) bond motifs is 15. The number of benzene rings is 15. The molecule has 0 saturated carbocycles. The summed E-state index contributed by atoms with van der Waals surface area (Å²) in [5, 5.41) is 7.40. The van der Waals surface area contributed by atoms with Crippen LogP contribution in [0.2, 0.25) is 0 Å². The van der Waals surface area contributed by atoms with Gasteiger partial charge in [-0.2, -0.15) is 0 Å². The molecular weight excluding hydrogens is 1430 g/mol. The van der Waals surface area contributed by atoms with Crippen molar-refractivity contribution in [1.82, 2.24) is 13.7 Å². The molecular formula is C112H98BN5. The van der Waals surface area contributed by atoms with Crippen LogP contribution in [0.15, 0.2) is 315 Å². The summed E-state index contributed by atoms with van der Waals surface area (Å²) < 4.78 is 7.65. The largest absolute Gasteiger partial charge is 0.311 e. The first-order chi connectivity index (χ1) is 56.7. The van der Waals surface area contributed by atoms with Crippen LogP contribution >= 0.6 is 0 Å². The zero-order valence-electron chi connectivity index (χ0n) is 70.2. The first kappa shape index (κ1) is 71.9. The molecule has 0 N–H and O–H groups in total. The Bertz CT molecular complexity index is 6820. The molecule has 0 bridgehead atoms. The Balaban J connectivity index is 0.839.